The van der Waals surface area contributed by atoms with E-state index in [4.69, 9.17) is 23.4 Å². The van der Waals surface area contributed by atoms with Crippen molar-refractivity contribution in [1.29, 1.82) is 0 Å². The van der Waals surface area contributed by atoms with Gasteiger partial charge in [-0.2, -0.15) is 17.2 Å². The quantitative estimate of drug-likeness (QED) is 0.248. The number of aryl methyl sites for hydroxylation is 1. The Hall–Kier alpha value is -3.39. The highest BCUT2D eigenvalue weighted by Gasteiger charge is 2.32. The zero-order valence-electron chi connectivity index (χ0n) is 24.9. The molecule has 4 aromatic rings. The first kappa shape index (κ1) is 32.0. The Kier molecular flexibility index (Phi) is 9.13. The van der Waals surface area contributed by atoms with Gasteiger partial charge in [-0.25, -0.2) is 19.3 Å². The number of fused-ring (bicyclic) bond motifs is 1. The number of anilines is 2. The summed E-state index contributed by atoms with van der Waals surface area (Å²) in [7, 11) is -0.451. The number of hydrogen-bond acceptors (Lipinski definition) is 9. The predicted octanol–water partition coefficient (Wildman–Crippen LogP) is 5.37. The number of sulfonamides is 1. The average Bonchev–Trinajstić information content (AvgIpc) is 2.96. The highest BCUT2D eigenvalue weighted by atomic mass is 35.5. The van der Waals surface area contributed by atoms with Crippen LogP contribution in [0.15, 0.2) is 52.3 Å². The molecule has 3 aromatic heterocycles. The highest BCUT2D eigenvalue weighted by Crippen LogP contribution is 2.31. The molecule has 0 saturated heterocycles. The average molecular weight is 664 g/mol. The molecule has 11 nitrogen and oxygen atoms in total. The molecule has 0 amide bonds. The summed E-state index contributed by atoms with van der Waals surface area (Å²) >= 11 is 12.4. The Morgan fingerprint density at radius 1 is 1.09 bits per heavy atom. The molecule has 15 heteroatoms. The summed E-state index contributed by atoms with van der Waals surface area (Å²) in [6.45, 7) is 5.34. The van der Waals surface area contributed by atoms with Crippen LogP contribution >= 0.6 is 23.4 Å². The second kappa shape index (κ2) is 12.5. The summed E-state index contributed by atoms with van der Waals surface area (Å²) in [5, 5.41) is 3.26. The van der Waals surface area contributed by atoms with Crippen LogP contribution in [0.1, 0.15) is 44.8 Å². The topological polar surface area (TPSA) is 126 Å². The molecule has 1 aliphatic rings. The molecule has 234 valence electrons. The molecule has 1 saturated carbocycles. The number of hydrogen-bond donors (Lipinski definition) is 1. The zero-order valence-corrected chi connectivity index (χ0v) is 27.2. The number of halogens is 3. The molecule has 0 spiro atoms. The van der Waals surface area contributed by atoms with E-state index < -0.39 is 21.8 Å². The molecular formula is C29H33Cl2FN8O3S. The number of pyridine rings is 1. The molecule has 1 fully saturated rings. The van der Waals surface area contributed by atoms with Crippen LogP contribution in [0.25, 0.3) is 22.4 Å². The van der Waals surface area contributed by atoms with E-state index in [0.717, 1.165) is 6.42 Å². The minimum absolute atomic E-state index is 0.0185. The van der Waals surface area contributed by atoms with Gasteiger partial charge in [0.15, 0.2) is 11.5 Å². The lowest BCUT2D eigenvalue weighted by Gasteiger charge is -2.35. The highest BCUT2D eigenvalue weighted by molar-refractivity contribution is 7.94. The largest absolute Gasteiger partial charge is 0.351 e. The molecule has 0 bridgehead atoms. The minimum Gasteiger partial charge on any atom is -0.351 e. The number of nitrogens with one attached hydrogen (secondary N) is 1. The third-order valence-corrected chi connectivity index (χ3v) is 10.4. The van der Waals surface area contributed by atoms with Gasteiger partial charge in [0.25, 0.3) is 15.6 Å². The molecule has 1 aliphatic carbocycles. The lowest BCUT2D eigenvalue weighted by atomic mass is 9.89. The van der Waals surface area contributed by atoms with Gasteiger partial charge in [0.05, 0.1) is 11.2 Å². The summed E-state index contributed by atoms with van der Waals surface area (Å²) in [5.74, 6) is 0.220. The van der Waals surface area contributed by atoms with Crippen molar-refractivity contribution in [3.8, 4) is 11.3 Å². The van der Waals surface area contributed by atoms with Gasteiger partial charge in [-0.3, -0.25) is 9.36 Å². The fourth-order valence-corrected chi connectivity index (χ4v) is 7.31. The Bertz CT molecular complexity index is 1870. The van der Waals surface area contributed by atoms with E-state index in [-0.39, 0.29) is 39.6 Å². The molecule has 0 radical (unpaired) electrons. The first-order chi connectivity index (χ1) is 20.8. The Morgan fingerprint density at radius 3 is 2.45 bits per heavy atom. The second-order valence-electron chi connectivity index (χ2n) is 11.3. The standard InChI is InChI=1S/C29H33Cl2FN8O3S/c1-16(2)39-27-22(15-33-29(37-27)35-18-10-12-23(38(4)5)21(32)14-18)36-26(28(39)41)19-11-13-25(34-17(19)3)40(31)44(42,43)24-9-7-6-8-20(24)30/h6-9,11,13,15-16,18,21,23H,10,12,14H2,1-5H3,(H,33,35,37). The van der Waals surface area contributed by atoms with Crippen molar-refractivity contribution in [1.82, 2.24) is 29.4 Å². The molecule has 1 N–H and O–H groups in total. The van der Waals surface area contributed by atoms with Gasteiger partial charge in [-0.15, -0.1) is 0 Å². The molecule has 44 heavy (non-hydrogen) atoms. The number of benzene rings is 1. The Balaban J connectivity index is 1.48. The summed E-state index contributed by atoms with van der Waals surface area (Å²) in [4.78, 5) is 33.6. The third kappa shape index (κ3) is 6.10. The van der Waals surface area contributed by atoms with Gasteiger partial charge in [-0.1, -0.05) is 23.7 Å². The van der Waals surface area contributed by atoms with Crippen LogP contribution in [0, 0.1) is 6.92 Å². The minimum atomic E-state index is -4.22. The maximum absolute atomic E-state index is 14.8. The second-order valence-corrected chi connectivity index (χ2v) is 14.0. The Morgan fingerprint density at radius 2 is 1.82 bits per heavy atom. The molecular weight excluding hydrogens is 630 g/mol. The van der Waals surface area contributed by atoms with Crippen LogP contribution in [-0.4, -0.2) is 70.2 Å². The van der Waals surface area contributed by atoms with Crippen LogP contribution in [0.2, 0.25) is 5.02 Å². The van der Waals surface area contributed by atoms with Crippen molar-refractivity contribution in [2.75, 3.05) is 23.2 Å². The van der Waals surface area contributed by atoms with E-state index in [1.54, 1.807) is 19.1 Å². The monoisotopic (exact) mass is 662 g/mol. The van der Waals surface area contributed by atoms with Crippen LogP contribution in [0.5, 0.6) is 0 Å². The van der Waals surface area contributed by atoms with Gasteiger partial charge >= 0.3 is 0 Å². The van der Waals surface area contributed by atoms with Gasteiger partial charge < -0.3 is 10.2 Å². The van der Waals surface area contributed by atoms with Crippen LogP contribution in [0.4, 0.5) is 16.2 Å². The number of rotatable bonds is 8. The maximum atomic E-state index is 14.8. The first-order valence-electron chi connectivity index (χ1n) is 14.1. The number of nitrogens with zero attached hydrogens (tertiary/aromatic N) is 7. The van der Waals surface area contributed by atoms with E-state index in [1.165, 1.54) is 35.0 Å². The maximum Gasteiger partial charge on any atom is 0.280 e. The van der Waals surface area contributed by atoms with Crippen LogP contribution in [-0.2, 0) is 10.0 Å². The van der Waals surface area contributed by atoms with Crippen molar-refractivity contribution in [3.63, 3.8) is 0 Å². The van der Waals surface area contributed by atoms with Crippen LogP contribution < -0.4 is 14.7 Å². The van der Waals surface area contributed by atoms with E-state index in [2.05, 4.69) is 25.3 Å². The summed E-state index contributed by atoms with van der Waals surface area (Å²) in [6.07, 6.45) is 2.36. The van der Waals surface area contributed by atoms with Gasteiger partial charge in [0.1, 0.15) is 22.3 Å². The first-order valence-corrected chi connectivity index (χ1v) is 16.2. The van der Waals surface area contributed by atoms with Gasteiger partial charge in [0, 0.05) is 47.6 Å². The SMILES string of the molecule is Cc1nc(N(Cl)S(=O)(=O)c2ccccc2Cl)ccc1-c1nc2cnc(NC3CCC(N(C)C)C(F)C3)nc2n(C(C)C)c1=O. The smallest absolute Gasteiger partial charge is 0.280 e. The van der Waals surface area contributed by atoms with E-state index in [9.17, 15) is 17.6 Å². The lowest BCUT2D eigenvalue weighted by Crippen LogP contribution is -2.44. The molecule has 3 heterocycles. The third-order valence-electron chi connectivity index (χ3n) is 7.71. The van der Waals surface area contributed by atoms with Crippen molar-refractivity contribution in [2.45, 2.75) is 69.2 Å². The fraction of sp³-hybridized carbons (Fsp3) is 0.414. The lowest BCUT2D eigenvalue weighted by molar-refractivity contribution is 0.109. The Labute approximate surface area is 265 Å². The van der Waals surface area contributed by atoms with Crippen molar-refractivity contribution < 1.29 is 12.8 Å². The van der Waals surface area contributed by atoms with Crippen molar-refractivity contribution >= 4 is 56.3 Å². The zero-order chi connectivity index (χ0) is 31.9. The van der Waals surface area contributed by atoms with Crippen molar-refractivity contribution in [2.24, 2.45) is 0 Å². The molecule has 3 unspecified atom stereocenters. The van der Waals surface area contributed by atoms with E-state index >= 15 is 0 Å². The summed E-state index contributed by atoms with van der Waals surface area (Å²) < 4.78 is 43.0. The number of alkyl halides is 1. The number of aromatic nitrogens is 5. The van der Waals surface area contributed by atoms with Gasteiger partial charge in [-0.05, 0) is 72.0 Å². The van der Waals surface area contributed by atoms with Gasteiger partial charge in [0.2, 0.25) is 5.95 Å². The van der Waals surface area contributed by atoms with E-state index in [1.807, 2.05) is 32.8 Å². The normalized spacial score (nSPS) is 19.1. The summed E-state index contributed by atoms with van der Waals surface area (Å²) in [5.41, 5.74) is 1.13. The molecule has 3 atom stereocenters. The molecule has 1 aromatic carbocycles. The fourth-order valence-electron chi connectivity index (χ4n) is 5.48. The van der Waals surface area contributed by atoms with E-state index in [0.29, 0.717) is 45.0 Å². The molecule has 0 aliphatic heterocycles. The molecule has 5 rings (SSSR count). The van der Waals surface area contributed by atoms with Crippen molar-refractivity contribution in [3.05, 3.63) is 63.7 Å². The summed E-state index contributed by atoms with van der Waals surface area (Å²) in [6, 6.07) is 8.33. The van der Waals surface area contributed by atoms with Crippen LogP contribution in [0.3, 0.4) is 0 Å². The predicted molar refractivity (Wildman–Crippen MR) is 171 cm³/mol.